The molecule has 5 nitrogen and oxygen atoms in total. The summed E-state index contributed by atoms with van der Waals surface area (Å²) in [6, 6.07) is 18.5. The van der Waals surface area contributed by atoms with E-state index in [1.165, 1.54) is 0 Å². The zero-order valence-corrected chi connectivity index (χ0v) is 23.5. The third-order valence-corrected chi connectivity index (χ3v) is 6.78. The van der Waals surface area contributed by atoms with Gasteiger partial charge in [0.05, 0.1) is 16.9 Å². The fourth-order valence-electron chi connectivity index (χ4n) is 4.52. The molecule has 1 aliphatic rings. The summed E-state index contributed by atoms with van der Waals surface area (Å²) in [5.41, 5.74) is 8.35. The molecule has 1 N–H and O–H groups in total. The molecule has 198 valence electrons. The molecule has 1 aromatic heterocycles. The zero-order valence-electron chi connectivity index (χ0n) is 23.5. The largest absolute Gasteiger partial charge is 0.381 e. The van der Waals surface area contributed by atoms with Gasteiger partial charge < -0.3 is 10.1 Å². The second kappa shape index (κ2) is 13.7. The molecule has 1 saturated heterocycles. The molecule has 1 fully saturated rings. The van der Waals surface area contributed by atoms with Crippen molar-refractivity contribution in [3.63, 3.8) is 0 Å². The highest BCUT2D eigenvalue weighted by molar-refractivity contribution is 5.97. The first kappa shape index (κ1) is 28.8. The number of pyridine rings is 1. The van der Waals surface area contributed by atoms with Crippen LogP contribution in [0.3, 0.4) is 0 Å². The predicted octanol–water partition coefficient (Wildman–Crippen LogP) is 7.95. The van der Waals surface area contributed by atoms with Gasteiger partial charge in [0.2, 0.25) is 0 Å². The Labute approximate surface area is 227 Å². The van der Waals surface area contributed by atoms with Crippen LogP contribution in [0.15, 0.2) is 54.7 Å². The first-order valence-corrected chi connectivity index (χ1v) is 13.5. The topological polar surface area (TPSA) is 75.0 Å². The van der Waals surface area contributed by atoms with Crippen LogP contribution in [0.1, 0.15) is 80.2 Å². The van der Waals surface area contributed by atoms with Gasteiger partial charge in [-0.25, -0.2) is 0 Å². The summed E-state index contributed by atoms with van der Waals surface area (Å²) in [4.78, 5) is 16.9. The Morgan fingerprint density at radius 3 is 2.37 bits per heavy atom. The van der Waals surface area contributed by atoms with E-state index in [0.29, 0.717) is 11.6 Å². The lowest BCUT2D eigenvalue weighted by Crippen LogP contribution is -2.28. The van der Waals surface area contributed by atoms with Crippen molar-refractivity contribution in [2.75, 3.05) is 18.5 Å². The van der Waals surface area contributed by atoms with Gasteiger partial charge in [-0.15, -0.1) is 0 Å². The number of anilines is 1. The molecule has 5 heteroatoms. The van der Waals surface area contributed by atoms with Crippen LogP contribution in [0, 0.1) is 24.2 Å². The molecule has 0 bridgehead atoms. The number of benzene rings is 2. The molecule has 1 aliphatic heterocycles. The standard InChI is InChI=1S/C31H33N3O2.C2H6/c1-20(2)31(35)24-7-5-23(6-8-24)21(3)17-30-22(4)28(11-14-33-30)25-9-10-29(26(18-25)19-32)34-27-12-15-36-16-13-27;1-2/h5-11,14,17-18,20,27,34H,12-13,15-16H2,1-4H3;1-2H3/b21-17+;. The number of ketones is 1. The fourth-order valence-corrected chi connectivity index (χ4v) is 4.52. The monoisotopic (exact) mass is 509 g/mol. The fraction of sp³-hybridized carbons (Fsp3) is 0.364. The maximum atomic E-state index is 12.2. The van der Waals surface area contributed by atoms with E-state index in [2.05, 4.69) is 42.4 Å². The molecule has 3 aromatic rings. The Kier molecular flexibility index (Phi) is 10.4. The van der Waals surface area contributed by atoms with Crippen molar-refractivity contribution in [1.82, 2.24) is 4.98 Å². The molecule has 2 heterocycles. The van der Waals surface area contributed by atoms with Gasteiger partial charge in [-0.2, -0.15) is 5.26 Å². The number of hydrogen-bond acceptors (Lipinski definition) is 5. The van der Waals surface area contributed by atoms with Crippen molar-refractivity contribution in [2.45, 2.75) is 60.4 Å². The van der Waals surface area contributed by atoms with Crippen LogP contribution in [0.4, 0.5) is 5.69 Å². The highest BCUT2D eigenvalue weighted by Crippen LogP contribution is 2.30. The van der Waals surface area contributed by atoms with Crippen LogP contribution >= 0.6 is 0 Å². The van der Waals surface area contributed by atoms with Crippen LogP contribution in [-0.4, -0.2) is 30.0 Å². The highest BCUT2D eigenvalue weighted by Gasteiger charge is 2.16. The van der Waals surface area contributed by atoms with Crippen LogP contribution in [0.25, 0.3) is 22.8 Å². The van der Waals surface area contributed by atoms with E-state index < -0.39 is 0 Å². The van der Waals surface area contributed by atoms with Crippen molar-refractivity contribution < 1.29 is 9.53 Å². The Bertz CT molecular complexity index is 1310. The number of carbonyl (C=O) groups is 1. The number of Topliss-reactive ketones (excluding diaryl/α,β-unsaturated/α-hetero) is 1. The minimum atomic E-state index is -0.0182. The lowest BCUT2D eigenvalue weighted by Gasteiger charge is -2.24. The minimum absolute atomic E-state index is 0.0182. The van der Waals surface area contributed by atoms with Crippen molar-refractivity contribution >= 4 is 23.1 Å². The molecule has 2 aromatic carbocycles. The SMILES string of the molecule is C/C(=C\c1nccc(-c2ccc(NC3CCOCC3)c(C#N)c2)c1C)c1ccc(C(=O)C(C)C)cc1.CC. The van der Waals surface area contributed by atoms with Crippen LogP contribution < -0.4 is 5.32 Å². The predicted molar refractivity (Wildman–Crippen MR) is 157 cm³/mol. The van der Waals surface area contributed by atoms with E-state index in [1.807, 2.05) is 76.4 Å². The van der Waals surface area contributed by atoms with Crippen molar-refractivity contribution in [3.05, 3.63) is 82.7 Å². The summed E-state index contributed by atoms with van der Waals surface area (Å²) in [6.45, 7) is 13.5. The summed E-state index contributed by atoms with van der Waals surface area (Å²) in [5.74, 6) is 0.134. The normalized spacial score (nSPS) is 13.9. The van der Waals surface area contributed by atoms with Gasteiger partial charge in [0.1, 0.15) is 6.07 Å². The number of nitrogens with one attached hydrogen (secondary N) is 1. The first-order valence-electron chi connectivity index (χ1n) is 13.5. The Morgan fingerprint density at radius 2 is 1.74 bits per heavy atom. The molecule has 0 saturated carbocycles. The molecule has 0 unspecified atom stereocenters. The second-order valence-electron chi connectivity index (χ2n) is 9.70. The first-order chi connectivity index (χ1) is 18.4. The Balaban J connectivity index is 0.00000195. The van der Waals surface area contributed by atoms with E-state index in [9.17, 15) is 10.1 Å². The van der Waals surface area contributed by atoms with E-state index in [4.69, 9.17) is 4.74 Å². The van der Waals surface area contributed by atoms with Crippen molar-refractivity contribution in [2.24, 2.45) is 5.92 Å². The van der Waals surface area contributed by atoms with Crippen molar-refractivity contribution in [1.29, 1.82) is 5.26 Å². The van der Waals surface area contributed by atoms with Gasteiger partial charge in [0.15, 0.2) is 5.78 Å². The van der Waals surface area contributed by atoms with Crippen LogP contribution in [0.2, 0.25) is 0 Å². The van der Waals surface area contributed by atoms with Gasteiger partial charge in [-0.05, 0) is 78.8 Å². The van der Waals surface area contributed by atoms with Gasteiger partial charge in [-0.3, -0.25) is 9.78 Å². The zero-order chi connectivity index (χ0) is 27.7. The molecule has 0 spiro atoms. The number of nitriles is 1. The van der Waals surface area contributed by atoms with E-state index in [-0.39, 0.29) is 11.7 Å². The summed E-state index contributed by atoms with van der Waals surface area (Å²) in [6.07, 6.45) is 5.78. The summed E-state index contributed by atoms with van der Waals surface area (Å²) < 4.78 is 5.44. The summed E-state index contributed by atoms with van der Waals surface area (Å²) in [7, 11) is 0. The smallest absolute Gasteiger partial charge is 0.165 e. The third-order valence-electron chi connectivity index (χ3n) is 6.78. The van der Waals surface area contributed by atoms with Gasteiger partial charge in [0.25, 0.3) is 0 Å². The average Bonchev–Trinajstić information content (AvgIpc) is 2.95. The van der Waals surface area contributed by atoms with E-state index >= 15 is 0 Å². The lowest BCUT2D eigenvalue weighted by molar-refractivity contribution is 0.0904. The van der Waals surface area contributed by atoms with Gasteiger partial charge >= 0.3 is 0 Å². The van der Waals surface area contributed by atoms with Crippen LogP contribution in [-0.2, 0) is 4.74 Å². The van der Waals surface area contributed by atoms with E-state index in [1.54, 1.807) is 0 Å². The summed E-state index contributed by atoms with van der Waals surface area (Å²) >= 11 is 0. The van der Waals surface area contributed by atoms with Gasteiger partial charge in [-0.1, -0.05) is 58.0 Å². The Morgan fingerprint density at radius 1 is 1.08 bits per heavy atom. The highest BCUT2D eigenvalue weighted by atomic mass is 16.5. The third kappa shape index (κ3) is 6.96. The number of nitrogens with zero attached hydrogens (tertiary/aromatic N) is 2. The molecule has 0 amide bonds. The average molecular weight is 510 g/mol. The van der Waals surface area contributed by atoms with Gasteiger partial charge in [0, 0.05) is 36.9 Å². The Hall–Kier alpha value is -3.75. The molecule has 0 atom stereocenters. The van der Waals surface area contributed by atoms with Crippen molar-refractivity contribution in [3.8, 4) is 17.2 Å². The maximum absolute atomic E-state index is 12.2. The number of hydrogen-bond donors (Lipinski definition) is 1. The maximum Gasteiger partial charge on any atom is 0.165 e. The number of rotatable bonds is 7. The number of aromatic nitrogens is 1. The molecule has 4 rings (SSSR count). The molecular formula is C33H39N3O2. The minimum Gasteiger partial charge on any atom is -0.381 e. The molecule has 0 radical (unpaired) electrons. The number of allylic oxidation sites excluding steroid dienone is 1. The molecule has 38 heavy (non-hydrogen) atoms. The molecule has 0 aliphatic carbocycles. The number of ether oxygens (including phenoxy) is 1. The molecular weight excluding hydrogens is 470 g/mol. The second-order valence-corrected chi connectivity index (χ2v) is 9.70. The quantitative estimate of drug-likeness (QED) is 0.327. The summed E-state index contributed by atoms with van der Waals surface area (Å²) in [5, 5.41) is 13.3. The van der Waals surface area contributed by atoms with Crippen LogP contribution in [0.5, 0.6) is 0 Å². The van der Waals surface area contributed by atoms with E-state index in [0.717, 1.165) is 70.8 Å². The lowest BCUT2D eigenvalue weighted by atomic mass is 9.95. The number of carbonyl (C=O) groups excluding carboxylic acids is 1.